The number of hydrogen-bond acceptors (Lipinski definition) is 6. The molecule has 1 N–H and O–H groups in total. The van der Waals surface area contributed by atoms with Crippen molar-refractivity contribution in [1.82, 2.24) is 4.57 Å². The van der Waals surface area contributed by atoms with Gasteiger partial charge in [0.15, 0.2) is 0 Å². The highest BCUT2D eigenvalue weighted by atomic mass is 19.4. The number of aromatic hydroxyl groups is 1. The Hall–Kier alpha value is -6.15. The van der Waals surface area contributed by atoms with Crippen molar-refractivity contribution >= 4 is 33.7 Å². The van der Waals surface area contributed by atoms with Gasteiger partial charge in [0.25, 0.3) is 5.56 Å². The summed E-state index contributed by atoms with van der Waals surface area (Å²) in [4.78, 5) is 28.0. The van der Waals surface area contributed by atoms with Gasteiger partial charge in [0.1, 0.15) is 11.3 Å². The van der Waals surface area contributed by atoms with Crippen molar-refractivity contribution in [3.05, 3.63) is 124 Å². The third kappa shape index (κ3) is 5.40. The van der Waals surface area contributed by atoms with Gasteiger partial charge in [-0.15, -0.1) is 0 Å². The van der Waals surface area contributed by atoms with Crippen LogP contribution in [0.25, 0.3) is 16.6 Å². The number of Topliss-reactive ketones (excluding diaryl/α,β-unsaturated/α-hetero) is 1. The van der Waals surface area contributed by atoms with E-state index in [2.05, 4.69) is 0 Å². The number of rotatable bonds is 7. The molecule has 0 bridgehead atoms. The molecule has 0 aliphatic heterocycles. The molecule has 0 saturated heterocycles. The fraction of sp³-hybridized carbons (Fsp3) is 0.0909. The summed E-state index contributed by atoms with van der Waals surface area (Å²) in [6, 6.07) is 26.8. The molecule has 0 unspecified atom stereocenters. The SMILES string of the molecule is N#Cc1ccc(N(c2ccc(C#N)cc2)c2ccc3c(O)c(C(=O)C(F)(F)C(F)(F)C(F)(F)F)c(=O)n(-c4ccccc4)c3c2)cc1. The third-order valence-electron chi connectivity index (χ3n) is 7.18. The maximum Gasteiger partial charge on any atom is 0.460 e. The van der Waals surface area contributed by atoms with Crippen molar-refractivity contribution in [1.29, 1.82) is 10.5 Å². The van der Waals surface area contributed by atoms with E-state index in [9.17, 15) is 56.0 Å². The Morgan fingerprint density at radius 3 is 1.68 bits per heavy atom. The molecule has 0 radical (unpaired) electrons. The zero-order valence-electron chi connectivity index (χ0n) is 23.4. The molecule has 236 valence electrons. The minimum atomic E-state index is -6.88. The number of anilines is 3. The summed E-state index contributed by atoms with van der Waals surface area (Å²) in [7, 11) is 0. The van der Waals surface area contributed by atoms with Crippen LogP contribution in [0, 0.1) is 22.7 Å². The Bertz CT molecular complexity index is 2090. The molecule has 0 atom stereocenters. The molecule has 1 heterocycles. The van der Waals surface area contributed by atoms with Crippen molar-refractivity contribution in [3.8, 4) is 23.6 Å². The van der Waals surface area contributed by atoms with Crippen LogP contribution in [0.2, 0.25) is 0 Å². The zero-order valence-corrected chi connectivity index (χ0v) is 23.4. The van der Waals surface area contributed by atoms with Crippen LogP contribution in [-0.2, 0) is 0 Å². The highest BCUT2D eigenvalue weighted by Gasteiger charge is 2.76. The number of halogens is 7. The van der Waals surface area contributed by atoms with E-state index in [4.69, 9.17) is 0 Å². The highest BCUT2D eigenvalue weighted by Crippen LogP contribution is 2.48. The molecule has 0 amide bonds. The predicted molar refractivity (Wildman–Crippen MR) is 156 cm³/mol. The lowest BCUT2D eigenvalue weighted by Gasteiger charge is -2.28. The van der Waals surface area contributed by atoms with Gasteiger partial charge in [0.2, 0.25) is 5.78 Å². The highest BCUT2D eigenvalue weighted by molar-refractivity contribution is 6.08. The molecule has 0 aliphatic carbocycles. The average Bonchev–Trinajstić information content (AvgIpc) is 3.05. The predicted octanol–water partition coefficient (Wildman–Crippen LogP) is 7.93. The number of nitriles is 2. The zero-order chi connectivity index (χ0) is 34.3. The lowest BCUT2D eigenvalue weighted by molar-refractivity contribution is -0.339. The van der Waals surface area contributed by atoms with E-state index in [0.29, 0.717) is 27.1 Å². The Balaban J connectivity index is 1.82. The van der Waals surface area contributed by atoms with Crippen LogP contribution in [0.15, 0.2) is 102 Å². The molecule has 5 rings (SSSR count). The van der Waals surface area contributed by atoms with E-state index in [1.54, 1.807) is 29.2 Å². The minimum Gasteiger partial charge on any atom is -0.506 e. The fourth-order valence-electron chi connectivity index (χ4n) is 4.83. The van der Waals surface area contributed by atoms with Gasteiger partial charge in [0, 0.05) is 28.1 Å². The molecule has 0 aliphatic rings. The van der Waals surface area contributed by atoms with Crippen molar-refractivity contribution in [3.63, 3.8) is 0 Å². The first-order chi connectivity index (χ1) is 22.1. The number of alkyl halides is 7. The van der Waals surface area contributed by atoms with Crippen LogP contribution in [0.1, 0.15) is 21.5 Å². The lowest BCUT2D eigenvalue weighted by atomic mass is 9.97. The summed E-state index contributed by atoms with van der Waals surface area (Å²) in [6.07, 6.45) is -6.87. The number of carbonyl (C=O) groups excluding carboxylic acids is 1. The number of pyridine rings is 1. The molecular weight excluding hydrogens is 633 g/mol. The number of ketones is 1. The summed E-state index contributed by atoms with van der Waals surface area (Å²) in [5.74, 6) is -18.1. The van der Waals surface area contributed by atoms with Crippen molar-refractivity contribution in [2.24, 2.45) is 0 Å². The standard InChI is InChI=1S/C33H17F7N4O3/c34-31(35,32(36,37)33(38,39)40)29(46)27-28(45)25-15-14-24(16-26(25)44(30(27)47)21-4-2-1-3-5-21)43(22-10-6-19(17-41)7-11-22)23-12-8-20(18-42)9-13-23/h1-16,45H. The second-order valence-corrected chi connectivity index (χ2v) is 10.0. The minimum absolute atomic E-state index is 0.108. The maximum absolute atomic E-state index is 14.6. The second kappa shape index (κ2) is 11.7. The first-order valence-corrected chi connectivity index (χ1v) is 13.3. The van der Waals surface area contributed by atoms with Gasteiger partial charge in [-0.3, -0.25) is 14.2 Å². The smallest absolute Gasteiger partial charge is 0.460 e. The quantitative estimate of drug-likeness (QED) is 0.142. The Morgan fingerprint density at radius 1 is 0.723 bits per heavy atom. The molecule has 0 saturated carbocycles. The van der Waals surface area contributed by atoms with E-state index in [1.165, 1.54) is 66.7 Å². The summed E-state index contributed by atoms with van der Waals surface area (Å²) in [5, 5.41) is 28.9. The molecular formula is C33H17F7N4O3. The summed E-state index contributed by atoms with van der Waals surface area (Å²) >= 11 is 0. The molecule has 47 heavy (non-hydrogen) atoms. The van der Waals surface area contributed by atoms with E-state index >= 15 is 0 Å². The van der Waals surface area contributed by atoms with Crippen molar-refractivity contribution < 1.29 is 40.6 Å². The van der Waals surface area contributed by atoms with E-state index < -0.39 is 46.1 Å². The summed E-state index contributed by atoms with van der Waals surface area (Å²) < 4.78 is 96.4. The molecule has 7 nitrogen and oxygen atoms in total. The second-order valence-electron chi connectivity index (χ2n) is 10.0. The monoisotopic (exact) mass is 650 g/mol. The van der Waals surface area contributed by atoms with Crippen LogP contribution in [0.5, 0.6) is 5.75 Å². The number of fused-ring (bicyclic) bond motifs is 1. The van der Waals surface area contributed by atoms with Crippen LogP contribution < -0.4 is 10.5 Å². The van der Waals surface area contributed by atoms with E-state index in [1.807, 2.05) is 12.1 Å². The number of benzene rings is 4. The number of nitrogens with zero attached hydrogens (tertiary/aromatic N) is 4. The normalized spacial score (nSPS) is 11.9. The van der Waals surface area contributed by atoms with Gasteiger partial charge >= 0.3 is 18.0 Å². The topological polar surface area (TPSA) is 110 Å². The van der Waals surface area contributed by atoms with Gasteiger partial charge < -0.3 is 10.0 Å². The van der Waals surface area contributed by atoms with Gasteiger partial charge in [-0.05, 0) is 78.9 Å². The Kier molecular flexibility index (Phi) is 7.99. The van der Waals surface area contributed by atoms with Crippen LogP contribution in [-0.4, -0.2) is 33.5 Å². The molecule has 4 aromatic carbocycles. The maximum atomic E-state index is 14.6. The van der Waals surface area contributed by atoms with Gasteiger partial charge in [0.05, 0.1) is 28.8 Å². The van der Waals surface area contributed by atoms with Crippen LogP contribution in [0.4, 0.5) is 47.8 Å². The van der Waals surface area contributed by atoms with E-state index in [-0.39, 0.29) is 16.9 Å². The Labute approximate surface area is 260 Å². The van der Waals surface area contributed by atoms with Gasteiger partial charge in [-0.2, -0.15) is 41.3 Å². The lowest BCUT2D eigenvalue weighted by Crippen LogP contribution is -2.57. The summed E-state index contributed by atoms with van der Waals surface area (Å²) in [5.41, 5.74) is -2.33. The Morgan fingerprint density at radius 2 is 1.21 bits per heavy atom. The number of para-hydroxylation sites is 1. The fourth-order valence-corrected chi connectivity index (χ4v) is 4.83. The van der Waals surface area contributed by atoms with Gasteiger partial charge in [-0.25, -0.2) is 0 Å². The molecule has 1 aromatic heterocycles. The number of aromatic nitrogens is 1. The number of hydrogen-bond donors (Lipinski definition) is 1. The molecule has 14 heteroatoms. The first-order valence-electron chi connectivity index (χ1n) is 13.3. The third-order valence-corrected chi connectivity index (χ3v) is 7.18. The van der Waals surface area contributed by atoms with Crippen LogP contribution in [0.3, 0.4) is 0 Å². The van der Waals surface area contributed by atoms with Crippen LogP contribution >= 0.6 is 0 Å². The first kappa shape index (κ1) is 32.2. The molecule has 0 fully saturated rings. The van der Waals surface area contributed by atoms with Crippen molar-refractivity contribution in [2.45, 2.75) is 18.0 Å². The van der Waals surface area contributed by atoms with E-state index in [0.717, 1.165) is 6.07 Å². The van der Waals surface area contributed by atoms with Crippen molar-refractivity contribution in [2.75, 3.05) is 4.90 Å². The average molecular weight is 651 g/mol. The molecule has 5 aromatic rings. The number of carbonyl (C=O) groups is 1. The molecule has 0 spiro atoms. The largest absolute Gasteiger partial charge is 0.506 e. The van der Waals surface area contributed by atoms with Gasteiger partial charge in [-0.1, -0.05) is 18.2 Å². The summed E-state index contributed by atoms with van der Waals surface area (Å²) in [6.45, 7) is 0.